The lowest BCUT2D eigenvalue weighted by atomic mass is 9.85. The van der Waals surface area contributed by atoms with Gasteiger partial charge in [-0.15, -0.1) is 0 Å². The van der Waals surface area contributed by atoms with Crippen LogP contribution in [0.4, 0.5) is 8.78 Å². The number of benzene rings is 3. The summed E-state index contributed by atoms with van der Waals surface area (Å²) < 4.78 is 43.2. The standard InChI is InChI=1S/C25H26F2O3/c1-25(2,20-9-11-21(12-10-20)29-15-14-26)18-28-17-19-8-13-23(27)24(16-19)30-22-6-4-3-5-7-22/h3-13,16H,14-15,17-18H2,1-2H3. The van der Waals surface area contributed by atoms with Crippen LogP contribution in [-0.2, 0) is 16.8 Å². The summed E-state index contributed by atoms with van der Waals surface area (Å²) in [6.07, 6.45) is 0. The molecule has 0 N–H and O–H groups in total. The highest BCUT2D eigenvalue weighted by Crippen LogP contribution is 2.28. The Morgan fingerprint density at radius 2 is 1.60 bits per heavy atom. The van der Waals surface area contributed by atoms with Gasteiger partial charge in [0.15, 0.2) is 11.6 Å². The van der Waals surface area contributed by atoms with Crippen molar-refractivity contribution in [1.82, 2.24) is 0 Å². The third kappa shape index (κ3) is 6.04. The number of hydrogen-bond acceptors (Lipinski definition) is 3. The third-order valence-electron chi connectivity index (χ3n) is 4.68. The Hall–Kier alpha value is -2.92. The van der Waals surface area contributed by atoms with Crippen molar-refractivity contribution in [3.8, 4) is 17.2 Å². The smallest absolute Gasteiger partial charge is 0.165 e. The second-order valence-corrected chi connectivity index (χ2v) is 7.62. The van der Waals surface area contributed by atoms with Crippen LogP contribution in [0.2, 0.25) is 0 Å². The van der Waals surface area contributed by atoms with Crippen molar-refractivity contribution in [2.45, 2.75) is 25.9 Å². The van der Waals surface area contributed by atoms with Crippen molar-refractivity contribution in [3.63, 3.8) is 0 Å². The molecule has 3 nitrogen and oxygen atoms in total. The molecule has 3 aromatic carbocycles. The van der Waals surface area contributed by atoms with E-state index in [9.17, 15) is 8.78 Å². The van der Waals surface area contributed by atoms with Crippen LogP contribution >= 0.6 is 0 Å². The molecular weight excluding hydrogens is 386 g/mol. The van der Waals surface area contributed by atoms with Gasteiger partial charge < -0.3 is 14.2 Å². The highest BCUT2D eigenvalue weighted by Gasteiger charge is 2.21. The Morgan fingerprint density at radius 3 is 2.30 bits per heavy atom. The molecule has 0 saturated carbocycles. The lowest BCUT2D eigenvalue weighted by molar-refractivity contribution is 0.0823. The van der Waals surface area contributed by atoms with E-state index in [0.29, 0.717) is 24.7 Å². The van der Waals surface area contributed by atoms with Crippen LogP contribution in [0.1, 0.15) is 25.0 Å². The molecule has 3 aromatic rings. The second-order valence-electron chi connectivity index (χ2n) is 7.62. The Bertz CT molecular complexity index is 925. The molecule has 0 atom stereocenters. The van der Waals surface area contributed by atoms with E-state index in [0.717, 1.165) is 11.1 Å². The molecule has 0 heterocycles. The maximum absolute atomic E-state index is 14.1. The van der Waals surface area contributed by atoms with E-state index in [2.05, 4.69) is 13.8 Å². The van der Waals surface area contributed by atoms with E-state index in [4.69, 9.17) is 14.2 Å². The van der Waals surface area contributed by atoms with E-state index in [1.807, 2.05) is 42.5 Å². The predicted octanol–water partition coefficient (Wildman–Crippen LogP) is 6.46. The Morgan fingerprint density at radius 1 is 0.867 bits per heavy atom. The molecule has 0 aliphatic carbocycles. The fourth-order valence-electron chi connectivity index (χ4n) is 3.00. The molecule has 5 heteroatoms. The number of para-hydroxylation sites is 1. The van der Waals surface area contributed by atoms with Crippen LogP contribution in [0.25, 0.3) is 0 Å². The predicted molar refractivity (Wildman–Crippen MR) is 114 cm³/mol. The van der Waals surface area contributed by atoms with Gasteiger partial charge in [-0.3, -0.25) is 0 Å². The van der Waals surface area contributed by atoms with Crippen molar-refractivity contribution in [3.05, 3.63) is 89.7 Å². The first-order valence-corrected chi connectivity index (χ1v) is 9.86. The van der Waals surface area contributed by atoms with E-state index in [1.165, 1.54) is 6.07 Å². The molecule has 0 fully saturated rings. The first-order valence-electron chi connectivity index (χ1n) is 9.86. The molecule has 30 heavy (non-hydrogen) atoms. The summed E-state index contributed by atoms with van der Waals surface area (Å²) in [4.78, 5) is 0. The van der Waals surface area contributed by atoms with Crippen LogP contribution in [0.15, 0.2) is 72.8 Å². The van der Waals surface area contributed by atoms with Gasteiger partial charge in [0.05, 0.1) is 13.2 Å². The molecule has 0 radical (unpaired) electrons. The summed E-state index contributed by atoms with van der Waals surface area (Å²) in [5.74, 6) is 0.975. The SMILES string of the molecule is CC(C)(COCc1ccc(F)c(Oc2ccccc2)c1)c1ccc(OCCF)cc1. The number of alkyl halides is 1. The highest BCUT2D eigenvalue weighted by atomic mass is 19.1. The van der Waals surface area contributed by atoms with Crippen LogP contribution < -0.4 is 9.47 Å². The monoisotopic (exact) mass is 412 g/mol. The fraction of sp³-hybridized carbons (Fsp3) is 0.280. The third-order valence-corrected chi connectivity index (χ3v) is 4.68. The zero-order chi connectivity index (χ0) is 21.4. The normalized spacial score (nSPS) is 11.3. The summed E-state index contributed by atoms with van der Waals surface area (Å²) in [6.45, 7) is 4.52. The summed E-state index contributed by atoms with van der Waals surface area (Å²) in [6, 6.07) is 21.4. The summed E-state index contributed by atoms with van der Waals surface area (Å²) in [7, 11) is 0. The van der Waals surface area contributed by atoms with Gasteiger partial charge in [0.1, 0.15) is 24.8 Å². The van der Waals surface area contributed by atoms with Gasteiger partial charge in [0.2, 0.25) is 0 Å². The minimum absolute atomic E-state index is 0.0551. The lowest BCUT2D eigenvalue weighted by Gasteiger charge is -2.25. The van der Waals surface area contributed by atoms with Gasteiger partial charge in [-0.25, -0.2) is 8.78 Å². The van der Waals surface area contributed by atoms with Gasteiger partial charge >= 0.3 is 0 Å². The first kappa shape index (κ1) is 21.8. The zero-order valence-electron chi connectivity index (χ0n) is 17.2. The molecule has 0 aromatic heterocycles. The molecular formula is C25H26F2O3. The Balaban J connectivity index is 1.58. The average molecular weight is 412 g/mol. The van der Waals surface area contributed by atoms with Crippen molar-refractivity contribution in [1.29, 1.82) is 0 Å². The molecule has 0 amide bonds. The van der Waals surface area contributed by atoms with Crippen molar-refractivity contribution < 1.29 is 23.0 Å². The van der Waals surface area contributed by atoms with Gasteiger partial charge in [-0.2, -0.15) is 0 Å². The van der Waals surface area contributed by atoms with Gasteiger partial charge in [0, 0.05) is 5.41 Å². The van der Waals surface area contributed by atoms with E-state index < -0.39 is 12.5 Å². The minimum atomic E-state index is -0.511. The zero-order valence-corrected chi connectivity index (χ0v) is 17.2. The van der Waals surface area contributed by atoms with Crippen LogP contribution in [-0.4, -0.2) is 19.9 Å². The van der Waals surface area contributed by atoms with Crippen LogP contribution in [0.5, 0.6) is 17.2 Å². The average Bonchev–Trinajstić information content (AvgIpc) is 2.75. The fourth-order valence-corrected chi connectivity index (χ4v) is 3.00. The first-order chi connectivity index (χ1) is 14.5. The van der Waals surface area contributed by atoms with E-state index >= 15 is 0 Å². The maximum Gasteiger partial charge on any atom is 0.165 e. The van der Waals surface area contributed by atoms with Gasteiger partial charge in [-0.05, 0) is 47.5 Å². The second kappa shape index (κ2) is 10.2. The number of ether oxygens (including phenoxy) is 3. The Labute approximate surface area is 176 Å². The molecule has 0 saturated heterocycles. The lowest BCUT2D eigenvalue weighted by Crippen LogP contribution is -2.24. The van der Waals surface area contributed by atoms with Crippen molar-refractivity contribution in [2.24, 2.45) is 0 Å². The molecule has 0 aliphatic heterocycles. The van der Waals surface area contributed by atoms with Crippen LogP contribution in [0, 0.1) is 5.82 Å². The minimum Gasteiger partial charge on any atom is -0.491 e. The molecule has 158 valence electrons. The molecule has 3 rings (SSSR count). The maximum atomic E-state index is 14.1. The molecule has 0 aliphatic rings. The molecule has 0 spiro atoms. The van der Waals surface area contributed by atoms with Crippen LogP contribution in [0.3, 0.4) is 0 Å². The largest absolute Gasteiger partial charge is 0.491 e. The summed E-state index contributed by atoms with van der Waals surface area (Å²) in [5, 5.41) is 0. The van der Waals surface area contributed by atoms with E-state index in [1.54, 1.807) is 24.3 Å². The topological polar surface area (TPSA) is 27.7 Å². The molecule has 0 unspecified atom stereocenters. The van der Waals surface area contributed by atoms with Crippen molar-refractivity contribution in [2.75, 3.05) is 19.9 Å². The quantitative estimate of drug-likeness (QED) is 0.382. The summed E-state index contributed by atoms with van der Waals surface area (Å²) >= 11 is 0. The van der Waals surface area contributed by atoms with Gasteiger partial charge in [-0.1, -0.05) is 50.2 Å². The van der Waals surface area contributed by atoms with E-state index in [-0.39, 0.29) is 17.8 Å². The summed E-state index contributed by atoms with van der Waals surface area (Å²) in [5.41, 5.74) is 1.68. The highest BCUT2D eigenvalue weighted by molar-refractivity contribution is 5.35. The number of halogens is 2. The van der Waals surface area contributed by atoms with Gasteiger partial charge in [0.25, 0.3) is 0 Å². The number of hydrogen-bond donors (Lipinski definition) is 0. The Kier molecular flexibility index (Phi) is 7.41. The molecule has 0 bridgehead atoms. The van der Waals surface area contributed by atoms with Crippen molar-refractivity contribution >= 4 is 0 Å². The number of rotatable bonds is 10.